The number of rotatable bonds is 4. The van der Waals surface area contributed by atoms with E-state index in [9.17, 15) is 4.79 Å². The molecule has 0 N–H and O–H groups in total. The SMILES string of the molecule is CCn1nc(C)c(C(=O)N2C[C@@H](OC)[C@H](c3cn(C)nn3)C2)c1C. The molecule has 3 heterocycles. The molecule has 0 spiro atoms. The molecular weight excluding hydrogens is 308 g/mol. The van der Waals surface area contributed by atoms with Gasteiger partial charge in [-0.25, -0.2) is 0 Å². The first-order valence-electron chi connectivity index (χ1n) is 8.18. The van der Waals surface area contributed by atoms with Crippen LogP contribution >= 0.6 is 0 Å². The van der Waals surface area contributed by atoms with Gasteiger partial charge in [-0.3, -0.25) is 14.2 Å². The lowest BCUT2D eigenvalue weighted by Crippen LogP contribution is -2.30. The molecule has 1 aliphatic rings. The van der Waals surface area contributed by atoms with E-state index in [1.165, 1.54) is 0 Å². The predicted molar refractivity (Wildman–Crippen MR) is 87.8 cm³/mol. The molecule has 0 bridgehead atoms. The van der Waals surface area contributed by atoms with Crippen LogP contribution in [0.4, 0.5) is 0 Å². The molecule has 0 aromatic carbocycles. The lowest BCUT2D eigenvalue weighted by molar-refractivity contribution is 0.0713. The average Bonchev–Trinajstić information content (AvgIpc) is 3.24. The van der Waals surface area contributed by atoms with E-state index in [1.54, 1.807) is 11.8 Å². The van der Waals surface area contributed by atoms with Crippen LogP contribution in [-0.2, 0) is 18.3 Å². The van der Waals surface area contributed by atoms with Gasteiger partial charge in [-0.1, -0.05) is 5.21 Å². The Hall–Kier alpha value is -2.22. The molecule has 2 aromatic rings. The Labute approximate surface area is 141 Å². The van der Waals surface area contributed by atoms with Crippen LogP contribution in [0.5, 0.6) is 0 Å². The van der Waals surface area contributed by atoms with Gasteiger partial charge < -0.3 is 9.64 Å². The Morgan fingerprint density at radius 3 is 2.67 bits per heavy atom. The minimum absolute atomic E-state index is 0.0122. The first-order chi connectivity index (χ1) is 11.5. The van der Waals surface area contributed by atoms with Crippen LogP contribution in [0.2, 0.25) is 0 Å². The van der Waals surface area contributed by atoms with E-state index in [0.29, 0.717) is 18.7 Å². The summed E-state index contributed by atoms with van der Waals surface area (Å²) in [6, 6.07) is 0. The zero-order valence-corrected chi connectivity index (χ0v) is 14.9. The van der Waals surface area contributed by atoms with E-state index < -0.39 is 0 Å². The van der Waals surface area contributed by atoms with Crippen molar-refractivity contribution >= 4 is 5.91 Å². The van der Waals surface area contributed by atoms with E-state index in [0.717, 1.165) is 23.6 Å². The molecule has 0 saturated carbocycles. The number of carbonyl (C=O) groups is 1. The van der Waals surface area contributed by atoms with Gasteiger partial charge in [0.05, 0.1) is 29.0 Å². The number of aromatic nitrogens is 5. The van der Waals surface area contributed by atoms with Gasteiger partial charge in [-0.05, 0) is 20.8 Å². The van der Waals surface area contributed by atoms with Gasteiger partial charge >= 0.3 is 0 Å². The Balaban J connectivity index is 1.86. The second-order valence-corrected chi connectivity index (χ2v) is 6.27. The van der Waals surface area contributed by atoms with Crippen molar-refractivity contribution in [2.45, 2.75) is 39.3 Å². The van der Waals surface area contributed by atoms with Crippen molar-refractivity contribution in [2.75, 3.05) is 20.2 Å². The summed E-state index contributed by atoms with van der Waals surface area (Å²) in [5.41, 5.74) is 3.25. The third-order valence-electron chi connectivity index (χ3n) is 4.75. The van der Waals surface area contributed by atoms with Crippen molar-refractivity contribution in [3.63, 3.8) is 0 Å². The van der Waals surface area contributed by atoms with Gasteiger partial charge in [0.1, 0.15) is 0 Å². The lowest BCUT2D eigenvalue weighted by atomic mass is 10.0. The molecule has 1 aliphatic heterocycles. The number of carbonyl (C=O) groups excluding carboxylic acids is 1. The fourth-order valence-electron chi connectivity index (χ4n) is 3.47. The molecule has 2 atom stereocenters. The maximum absolute atomic E-state index is 13.0. The Morgan fingerprint density at radius 1 is 1.38 bits per heavy atom. The number of methoxy groups -OCH3 is 1. The minimum atomic E-state index is -0.0764. The molecule has 24 heavy (non-hydrogen) atoms. The summed E-state index contributed by atoms with van der Waals surface area (Å²) in [4.78, 5) is 14.9. The van der Waals surface area contributed by atoms with E-state index in [2.05, 4.69) is 15.4 Å². The monoisotopic (exact) mass is 332 g/mol. The zero-order chi connectivity index (χ0) is 17.4. The number of amides is 1. The van der Waals surface area contributed by atoms with Crippen LogP contribution in [0.1, 0.15) is 40.3 Å². The Bertz CT molecular complexity index is 750. The van der Waals surface area contributed by atoms with Gasteiger partial charge in [0.2, 0.25) is 0 Å². The number of ether oxygens (including phenoxy) is 1. The first-order valence-corrected chi connectivity index (χ1v) is 8.18. The fourth-order valence-corrected chi connectivity index (χ4v) is 3.47. The molecule has 0 unspecified atom stereocenters. The fraction of sp³-hybridized carbons (Fsp3) is 0.625. The summed E-state index contributed by atoms with van der Waals surface area (Å²) in [6.07, 6.45) is 1.81. The van der Waals surface area contributed by atoms with E-state index >= 15 is 0 Å². The molecule has 1 amide bonds. The molecule has 0 radical (unpaired) electrons. The van der Waals surface area contributed by atoms with Crippen molar-refractivity contribution in [3.8, 4) is 0 Å². The zero-order valence-electron chi connectivity index (χ0n) is 14.9. The number of hydrogen-bond acceptors (Lipinski definition) is 5. The second-order valence-electron chi connectivity index (χ2n) is 6.27. The third kappa shape index (κ3) is 2.71. The summed E-state index contributed by atoms with van der Waals surface area (Å²) >= 11 is 0. The van der Waals surface area contributed by atoms with Gasteiger partial charge in [-0.2, -0.15) is 5.10 Å². The highest BCUT2D eigenvalue weighted by atomic mass is 16.5. The molecule has 0 aliphatic carbocycles. The van der Waals surface area contributed by atoms with Crippen molar-refractivity contribution in [1.29, 1.82) is 0 Å². The van der Waals surface area contributed by atoms with Crippen LogP contribution in [-0.4, -0.2) is 61.9 Å². The van der Waals surface area contributed by atoms with E-state index in [-0.39, 0.29) is 17.9 Å². The van der Waals surface area contributed by atoms with E-state index in [4.69, 9.17) is 4.74 Å². The van der Waals surface area contributed by atoms with Crippen molar-refractivity contribution in [3.05, 3.63) is 28.8 Å². The summed E-state index contributed by atoms with van der Waals surface area (Å²) in [6.45, 7) is 7.73. The first kappa shape index (κ1) is 16.6. The van der Waals surface area contributed by atoms with Crippen molar-refractivity contribution < 1.29 is 9.53 Å². The second kappa shape index (κ2) is 6.35. The summed E-state index contributed by atoms with van der Waals surface area (Å²) < 4.78 is 9.14. The van der Waals surface area contributed by atoms with Gasteiger partial charge in [0, 0.05) is 45.7 Å². The molecule has 2 aromatic heterocycles. The highest BCUT2D eigenvalue weighted by molar-refractivity contribution is 5.96. The molecule has 1 fully saturated rings. The summed E-state index contributed by atoms with van der Waals surface area (Å²) in [5, 5.41) is 12.6. The minimum Gasteiger partial charge on any atom is -0.379 e. The van der Waals surface area contributed by atoms with Gasteiger partial charge in [-0.15, -0.1) is 5.10 Å². The van der Waals surface area contributed by atoms with Crippen molar-refractivity contribution in [1.82, 2.24) is 29.7 Å². The Kier molecular flexibility index (Phi) is 4.40. The number of hydrogen-bond donors (Lipinski definition) is 0. The third-order valence-corrected chi connectivity index (χ3v) is 4.75. The number of likely N-dealkylation sites (tertiary alicyclic amines) is 1. The molecule has 1 saturated heterocycles. The van der Waals surface area contributed by atoms with Gasteiger partial charge in [0.25, 0.3) is 5.91 Å². The standard InChI is InChI=1S/C16H24N6O2/c1-6-22-11(3)15(10(2)18-22)16(23)21-7-12(14(9-21)24-5)13-8-20(4)19-17-13/h8,12,14H,6-7,9H2,1-5H3/t12-,14+/m0/s1. The number of nitrogens with zero attached hydrogens (tertiary/aromatic N) is 6. The predicted octanol–water partition coefficient (Wildman–Crippen LogP) is 0.903. The topological polar surface area (TPSA) is 78.1 Å². The van der Waals surface area contributed by atoms with Gasteiger partial charge in [0.15, 0.2) is 0 Å². The van der Waals surface area contributed by atoms with Crippen LogP contribution < -0.4 is 0 Å². The van der Waals surface area contributed by atoms with E-state index in [1.807, 2.05) is 43.6 Å². The molecule has 130 valence electrons. The summed E-state index contributed by atoms with van der Waals surface area (Å²) in [7, 11) is 3.51. The average molecular weight is 332 g/mol. The van der Waals surface area contributed by atoms with Crippen LogP contribution in [0, 0.1) is 13.8 Å². The normalized spacial score (nSPS) is 20.8. The lowest BCUT2D eigenvalue weighted by Gasteiger charge is -2.16. The Morgan fingerprint density at radius 2 is 2.12 bits per heavy atom. The molecular formula is C16H24N6O2. The smallest absolute Gasteiger partial charge is 0.257 e. The summed E-state index contributed by atoms with van der Waals surface area (Å²) in [5.74, 6) is 0.0487. The molecule has 8 heteroatoms. The molecule has 8 nitrogen and oxygen atoms in total. The molecule has 3 rings (SSSR count). The maximum Gasteiger partial charge on any atom is 0.257 e. The quantitative estimate of drug-likeness (QED) is 0.831. The van der Waals surface area contributed by atoms with Crippen molar-refractivity contribution in [2.24, 2.45) is 7.05 Å². The van der Waals surface area contributed by atoms with Crippen LogP contribution in [0.25, 0.3) is 0 Å². The highest BCUT2D eigenvalue weighted by Gasteiger charge is 2.39. The maximum atomic E-state index is 13.0. The van der Waals surface area contributed by atoms with Crippen LogP contribution in [0.3, 0.4) is 0 Å². The number of aryl methyl sites for hydroxylation is 3. The highest BCUT2D eigenvalue weighted by Crippen LogP contribution is 2.30. The van der Waals surface area contributed by atoms with Crippen LogP contribution in [0.15, 0.2) is 6.20 Å². The largest absolute Gasteiger partial charge is 0.379 e.